The van der Waals surface area contributed by atoms with Crippen molar-refractivity contribution >= 4 is 119 Å². The van der Waals surface area contributed by atoms with E-state index < -0.39 is 16.6 Å². The number of nitro groups is 1. The van der Waals surface area contributed by atoms with Crippen LogP contribution in [0.2, 0.25) is 0 Å². The minimum atomic E-state index is -0.620. The fourth-order valence-electron chi connectivity index (χ4n) is 9.75. The SMILES string of the molecule is CN(C)CCSSCCCn1cc(-c2ccc(F)cc2)nn1.CN(C)CCSSCCCn1cc(-c2ccc(F)cc2F)nn1.CN(C)CCSSCCCn1cc(-c2ccc(N(C)C)cc2)nn1.CN(C)CCSSCCn1cc(-c2ccc([N+](=O)[O-])cc2)nn1.Cc1ccc(-c2cn(CCCSSCCN(C)C)nn2)c(C)c1. The topological polar surface area (TPSA) is 216 Å². The summed E-state index contributed by atoms with van der Waals surface area (Å²) in [5.74, 6) is 9.64. The standard InChI is InChI=1S/C17H27N5S2.C17H26N4S2.C15H20F2N4S2.C15H21FN4S2.C14H19N5O2S2/c1-20(2)11-13-24-23-12-5-10-22-14-17(18-19-22)15-6-8-16(9-7-15)21(3)4;1-14-6-7-16(15(2)12-14)17-13-21(19-18-17)8-5-10-22-23-11-9-20(3)4;1-20(2)7-9-23-22-8-3-6-21-11-15(18-19-21)13-5-4-12(16)10-14(13)17;1-19(2)9-11-22-21-10-3-8-20-12-15(17-18-20)13-4-6-14(16)7-5-13;1-17(2)7-9-22-23-10-8-18-11-14(15-16-18)12-3-5-13(6-4-12)19(20)21/h6-9,14H,5,10-13H2,1-4H3;6-7,12-13H,5,8-11H2,1-4H3;4-5,10-11H,3,6-9H2,1-2H3;4-7,12H,3,8-11H2,1-2H3;3-6,11H,7-10H2,1-2H3. The molecular formula is C78H113F3N22O2S10. The van der Waals surface area contributed by atoms with Gasteiger partial charge in [-0.15, -0.1) is 25.5 Å². The van der Waals surface area contributed by atoms with E-state index in [1.165, 1.54) is 70.3 Å². The van der Waals surface area contributed by atoms with E-state index >= 15 is 0 Å². The van der Waals surface area contributed by atoms with Gasteiger partial charge in [0.15, 0.2) is 0 Å². The molecule has 0 unspecified atom stereocenters. The van der Waals surface area contributed by atoms with E-state index in [1.54, 1.807) is 39.8 Å². The number of aryl methyl sites for hydroxylation is 7. The average molecular weight is 1770 g/mol. The quantitative estimate of drug-likeness (QED) is 0.0150. The summed E-state index contributed by atoms with van der Waals surface area (Å²) in [7, 11) is 44.0. The molecule has 0 aliphatic carbocycles. The van der Waals surface area contributed by atoms with Crippen LogP contribution in [0, 0.1) is 41.4 Å². The number of halogens is 3. The van der Waals surface area contributed by atoms with Crippen molar-refractivity contribution in [2.75, 3.05) is 180 Å². The third kappa shape index (κ3) is 41.1. The molecule has 5 aromatic heterocycles. The molecule has 628 valence electrons. The zero-order chi connectivity index (χ0) is 83.1. The van der Waals surface area contributed by atoms with Crippen molar-refractivity contribution in [1.82, 2.24) is 99.5 Å². The maximum Gasteiger partial charge on any atom is 0.269 e. The molecule has 10 rings (SSSR count). The molecule has 0 aliphatic heterocycles. The van der Waals surface area contributed by atoms with Crippen LogP contribution in [-0.4, -0.2) is 279 Å². The first kappa shape index (κ1) is 97.9. The zero-order valence-electron chi connectivity index (χ0n) is 68.6. The first-order valence-corrected chi connectivity index (χ1v) is 50.1. The van der Waals surface area contributed by atoms with Crippen LogP contribution in [0.3, 0.4) is 0 Å². The van der Waals surface area contributed by atoms with E-state index in [2.05, 4.69) is 214 Å². The van der Waals surface area contributed by atoms with Gasteiger partial charge >= 0.3 is 0 Å². The van der Waals surface area contributed by atoms with Crippen molar-refractivity contribution in [1.29, 1.82) is 0 Å². The Labute approximate surface area is 718 Å². The second-order valence-electron chi connectivity index (χ2n) is 27.7. The molecule has 0 atom stereocenters. The molecule has 10 aromatic rings. The molecule has 0 aliphatic rings. The molecule has 0 amide bonds. The summed E-state index contributed by atoms with van der Waals surface area (Å²) in [6.45, 7) is 14.0. The first-order chi connectivity index (χ1) is 55.4. The van der Waals surface area contributed by atoms with E-state index in [0.717, 1.165) is 183 Å². The Morgan fingerprint density at radius 3 is 1.00 bits per heavy atom. The summed E-state index contributed by atoms with van der Waals surface area (Å²) in [4.78, 5) is 23.3. The predicted octanol–water partition coefficient (Wildman–Crippen LogP) is 17.0. The summed E-state index contributed by atoms with van der Waals surface area (Å²) in [6.07, 6.45) is 13.8. The summed E-state index contributed by atoms with van der Waals surface area (Å²) < 4.78 is 48.8. The Kier molecular flexibility index (Phi) is 48.1. The second-order valence-corrected chi connectivity index (χ2v) is 41.2. The summed E-state index contributed by atoms with van der Waals surface area (Å²) in [6, 6.07) is 31.0. The molecule has 0 spiro atoms. The Morgan fingerprint density at radius 1 is 0.348 bits per heavy atom. The molecule has 0 bridgehead atoms. The van der Waals surface area contributed by atoms with Crippen LogP contribution in [0.25, 0.3) is 56.3 Å². The largest absolute Gasteiger partial charge is 0.378 e. The van der Waals surface area contributed by atoms with Crippen LogP contribution < -0.4 is 4.90 Å². The Bertz CT molecular complexity index is 4160. The number of hydrogen-bond acceptors (Lipinski definition) is 28. The number of nitro benzene ring substituents is 1. The van der Waals surface area contributed by atoms with E-state index in [-0.39, 0.29) is 17.1 Å². The first-order valence-electron chi connectivity index (χ1n) is 37.7. The van der Waals surface area contributed by atoms with E-state index in [0.29, 0.717) is 5.69 Å². The van der Waals surface area contributed by atoms with Crippen LogP contribution in [0.15, 0.2) is 140 Å². The average Bonchev–Trinajstić information content (AvgIpc) is 1.78. The molecule has 5 aromatic carbocycles. The van der Waals surface area contributed by atoms with Crippen LogP contribution in [0.4, 0.5) is 24.5 Å². The molecule has 0 N–H and O–H groups in total. The number of rotatable bonds is 46. The molecule has 0 fully saturated rings. The molecule has 5 heterocycles. The van der Waals surface area contributed by atoms with E-state index in [9.17, 15) is 23.3 Å². The normalized spacial score (nSPS) is 11.3. The number of aromatic nitrogens is 15. The van der Waals surface area contributed by atoms with Gasteiger partial charge in [0, 0.05) is 182 Å². The van der Waals surface area contributed by atoms with Gasteiger partial charge in [0.25, 0.3) is 5.69 Å². The zero-order valence-corrected chi connectivity index (χ0v) is 76.8. The van der Waals surface area contributed by atoms with E-state index in [4.69, 9.17) is 0 Å². The third-order valence-electron chi connectivity index (χ3n) is 16.1. The highest BCUT2D eigenvalue weighted by molar-refractivity contribution is 8.77. The molecule has 0 saturated heterocycles. The Morgan fingerprint density at radius 2 is 0.652 bits per heavy atom. The number of benzene rings is 5. The summed E-state index contributed by atoms with van der Waals surface area (Å²) in [5, 5.41) is 52.2. The van der Waals surface area contributed by atoms with Gasteiger partial charge < -0.3 is 29.4 Å². The molecule has 0 radical (unpaired) electrons. The van der Waals surface area contributed by atoms with Gasteiger partial charge in [0.2, 0.25) is 0 Å². The van der Waals surface area contributed by atoms with E-state index in [1.807, 2.05) is 155 Å². The van der Waals surface area contributed by atoms with Crippen LogP contribution in [-0.2, 0) is 32.7 Å². The molecule has 115 heavy (non-hydrogen) atoms. The number of hydrogen-bond donors (Lipinski definition) is 0. The van der Waals surface area contributed by atoms with Gasteiger partial charge in [-0.05, 0) is 176 Å². The van der Waals surface area contributed by atoms with Gasteiger partial charge in [0.1, 0.15) is 45.9 Å². The lowest BCUT2D eigenvalue weighted by Gasteiger charge is -2.11. The molecule has 37 heteroatoms. The summed E-state index contributed by atoms with van der Waals surface area (Å²) in [5.41, 5.74) is 11.9. The third-order valence-corrected chi connectivity index (χ3v) is 28.4. The van der Waals surface area contributed by atoms with Crippen molar-refractivity contribution in [3.8, 4) is 56.3 Å². The summed E-state index contributed by atoms with van der Waals surface area (Å²) >= 11 is 0. The van der Waals surface area contributed by atoms with Crippen molar-refractivity contribution in [2.45, 2.75) is 72.3 Å². The van der Waals surface area contributed by atoms with Crippen molar-refractivity contribution in [3.63, 3.8) is 0 Å². The molecule has 0 saturated carbocycles. The highest BCUT2D eigenvalue weighted by Crippen LogP contribution is 2.29. The van der Waals surface area contributed by atoms with Crippen molar-refractivity contribution in [2.24, 2.45) is 0 Å². The van der Waals surface area contributed by atoms with Crippen molar-refractivity contribution in [3.05, 3.63) is 179 Å². The molecule has 24 nitrogen and oxygen atoms in total. The van der Waals surface area contributed by atoms with Gasteiger partial charge in [-0.2, -0.15) is 0 Å². The lowest BCUT2D eigenvalue weighted by Crippen LogP contribution is -2.14. The Hall–Kier alpha value is -5.91. The fourth-order valence-corrected chi connectivity index (χ4v) is 20.7. The highest BCUT2D eigenvalue weighted by Gasteiger charge is 2.14. The lowest BCUT2D eigenvalue weighted by molar-refractivity contribution is -0.384. The maximum atomic E-state index is 13.7. The van der Waals surface area contributed by atoms with Gasteiger partial charge in [0.05, 0.1) is 42.5 Å². The van der Waals surface area contributed by atoms with Crippen LogP contribution >= 0.6 is 108 Å². The fraction of sp³-hybridized carbons (Fsp3) is 0.487. The minimum Gasteiger partial charge on any atom is -0.378 e. The lowest BCUT2D eigenvalue weighted by atomic mass is 10.0. The predicted molar refractivity (Wildman–Crippen MR) is 493 cm³/mol. The smallest absolute Gasteiger partial charge is 0.269 e. The number of anilines is 1. The Balaban J connectivity index is 0.000000224. The van der Waals surface area contributed by atoms with Crippen molar-refractivity contribution < 1.29 is 18.1 Å². The second kappa shape index (κ2) is 56.5. The maximum absolute atomic E-state index is 13.7. The monoisotopic (exact) mass is 1770 g/mol. The highest BCUT2D eigenvalue weighted by atomic mass is 33.1. The minimum absolute atomic E-state index is 0.0762. The van der Waals surface area contributed by atoms with Crippen LogP contribution in [0.5, 0.6) is 0 Å². The van der Waals surface area contributed by atoms with Gasteiger partial charge in [-0.1, -0.05) is 170 Å². The number of nitrogens with zero attached hydrogens (tertiary/aromatic N) is 22. The van der Waals surface area contributed by atoms with Crippen LogP contribution in [0.1, 0.15) is 36.8 Å². The van der Waals surface area contributed by atoms with Gasteiger partial charge in [-0.25, -0.2) is 13.2 Å². The number of non-ortho nitro benzene ring substituents is 1. The van der Waals surface area contributed by atoms with Gasteiger partial charge in [-0.3, -0.25) is 33.5 Å². The molecular weight excluding hydrogens is 1650 g/mol.